The van der Waals surface area contributed by atoms with Gasteiger partial charge in [-0.25, -0.2) is 0 Å². The zero-order chi connectivity index (χ0) is 8.93. The third kappa shape index (κ3) is 3.15. The van der Waals surface area contributed by atoms with Crippen LogP contribution in [-0.4, -0.2) is 9.52 Å². The molecule has 2 heteroatoms. The van der Waals surface area contributed by atoms with E-state index < -0.39 is 0 Å². The second kappa shape index (κ2) is 5.82. The van der Waals surface area contributed by atoms with Crippen LogP contribution in [0.5, 0.6) is 0 Å². The Morgan fingerprint density at radius 2 is 0.929 bits per heavy atom. The summed E-state index contributed by atoms with van der Waals surface area (Å²) in [6.07, 6.45) is 0. The first kappa shape index (κ1) is 11.3. The molecule has 0 aromatic heterocycles. The van der Waals surface area contributed by atoms with E-state index >= 15 is 0 Å². The quantitative estimate of drug-likeness (QED) is 0.683. The van der Waals surface area contributed by atoms with Crippen molar-refractivity contribution >= 4 is 19.9 Å². The fourth-order valence-electron chi connectivity index (χ4n) is 1.29. The minimum absolute atomic E-state index is 0. The molecular formula is C12H11CrSi. The van der Waals surface area contributed by atoms with Gasteiger partial charge in [0.25, 0.3) is 0 Å². The average molecular weight is 235 g/mol. The monoisotopic (exact) mass is 235 g/mol. The molecule has 0 amide bonds. The summed E-state index contributed by atoms with van der Waals surface area (Å²) in [4.78, 5) is 0. The van der Waals surface area contributed by atoms with Crippen LogP contribution in [0.25, 0.3) is 0 Å². The van der Waals surface area contributed by atoms with Crippen molar-refractivity contribution < 1.29 is 17.4 Å². The van der Waals surface area contributed by atoms with E-state index in [-0.39, 0.29) is 26.9 Å². The van der Waals surface area contributed by atoms with Gasteiger partial charge in [-0.05, 0) is 0 Å². The van der Waals surface area contributed by atoms with Crippen LogP contribution in [-0.2, 0) is 17.4 Å². The molecule has 0 spiro atoms. The van der Waals surface area contributed by atoms with Gasteiger partial charge >= 0.3 is 0 Å². The standard InChI is InChI=1S/C12H11Si.Cr/c1-3-7-11(8-4-1)13-12-9-5-2-6-10-12;/h1-10,13H;. The van der Waals surface area contributed by atoms with E-state index in [1.54, 1.807) is 0 Å². The Hall–Kier alpha value is -0.811. The Bertz CT molecular complexity index is 321. The number of hydrogen-bond donors (Lipinski definition) is 0. The Morgan fingerprint density at radius 3 is 1.29 bits per heavy atom. The summed E-state index contributed by atoms with van der Waals surface area (Å²) in [7, 11) is 0.271. The zero-order valence-corrected chi connectivity index (χ0v) is 10.2. The summed E-state index contributed by atoms with van der Waals surface area (Å²) in [6, 6.07) is 21.3. The molecule has 0 nitrogen and oxygen atoms in total. The van der Waals surface area contributed by atoms with Crippen molar-refractivity contribution in [2.75, 3.05) is 0 Å². The van der Waals surface area contributed by atoms with Gasteiger partial charge in [0, 0.05) is 17.4 Å². The number of hydrogen-bond acceptors (Lipinski definition) is 0. The van der Waals surface area contributed by atoms with Gasteiger partial charge in [0.05, 0.1) is 0 Å². The van der Waals surface area contributed by atoms with Gasteiger partial charge in [-0.3, -0.25) is 0 Å². The summed E-state index contributed by atoms with van der Waals surface area (Å²) in [6.45, 7) is 0. The Kier molecular flexibility index (Phi) is 4.69. The molecule has 0 bridgehead atoms. The molecule has 69 valence electrons. The third-order valence-electron chi connectivity index (χ3n) is 1.93. The summed E-state index contributed by atoms with van der Waals surface area (Å²) in [5.74, 6) is 0. The molecule has 0 N–H and O–H groups in total. The number of benzene rings is 2. The van der Waals surface area contributed by atoms with Crippen LogP contribution in [0.1, 0.15) is 0 Å². The molecule has 0 fully saturated rings. The second-order valence-electron chi connectivity index (χ2n) is 2.97. The molecule has 0 aliphatic carbocycles. The summed E-state index contributed by atoms with van der Waals surface area (Å²) >= 11 is 0. The maximum absolute atomic E-state index is 2.20. The van der Waals surface area contributed by atoms with Gasteiger partial charge in [-0.1, -0.05) is 71.0 Å². The smallest absolute Gasteiger partial charge is 0.0632 e. The van der Waals surface area contributed by atoms with E-state index in [9.17, 15) is 0 Å². The summed E-state index contributed by atoms with van der Waals surface area (Å²) in [5, 5.41) is 2.90. The van der Waals surface area contributed by atoms with Gasteiger partial charge < -0.3 is 0 Å². The van der Waals surface area contributed by atoms with Crippen LogP contribution in [0.4, 0.5) is 0 Å². The van der Waals surface area contributed by atoms with E-state index in [0.717, 1.165) is 0 Å². The van der Waals surface area contributed by atoms with Gasteiger partial charge in [0.15, 0.2) is 0 Å². The van der Waals surface area contributed by atoms with Crippen molar-refractivity contribution in [3.8, 4) is 0 Å². The predicted molar refractivity (Wildman–Crippen MR) is 59.3 cm³/mol. The Balaban J connectivity index is 0.000000980. The van der Waals surface area contributed by atoms with Gasteiger partial charge in [-0.2, -0.15) is 0 Å². The fourth-order valence-corrected chi connectivity index (χ4v) is 2.51. The Morgan fingerprint density at radius 1 is 0.571 bits per heavy atom. The van der Waals surface area contributed by atoms with E-state index in [1.165, 1.54) is 10.4 Å². The molecule has 0 unspecified atom stereocenters. The van der Waals surface area contributed by atoms with E-state index in [1.807, 2.05) is 0 Å². The predicted octanol–water partition coefficient (Wildman–Crippen LogP) is 1.07. The molecule has 0 saturated carbocycles. The third-order valence-corrected chi connectivity index (χ3v) is 3.37. The van der Waals surface area contributed by atoms with Gasteiger partial charge in [0.2, 0.25) is 0 Å². The van der Waals surface area contributed by atoms with Crippen LogP contribution in [0.15, 0.2) is 60.7 Å². The van der Waals surface area contributed by atoms with E-state index in [0.29, 0.717) is 0 Å². The first-order valence-electron chi connectivity index (χ1n) is 4.40. The average Bonchev–Trinajstić information content (AvgIpc) is 2.21. The minimum Gasteiger partial charge on any atom is -0.0632 e. The van der Waals surface area contributed by atoms with E-state index in [2.05, 4.69) is 60.7 Å². The first-order chi connectivity index (χ1) is 6.45. The van der Waals surface area contributed by atoms with Crippen LogP contribution < -0.4 is 10.4 Å². The van der Waals surface area contributed by atoms with Crippen molar-refractivity contribution in [3.05, 3.63) is 60.7 Å². The van der Waals surface area contributed by atoms with Crippen molar-refractivity contribution in [1.82, 2.24) is 0 Å². The van der Waals surface area contributed by atoms with Crippen molar-refractivity contribution in [1.29, 1.82) is 0 Å². The topological polar surface area (TPSA) is 0 Å². The maximum Gasteiger partial charge on any atom is 0.103 e. The molecule has 0 atom stereocenters. The molecule has 0 aliphatic heterocycles. The molecule has 0 aliphatic rings. The molecule has 0 heterocycles. The number of rotatable bonds is 2. The normalized spacial score (nSPS) is 9.14. The molecule has 2 aromatic carbocycles. The first-order valence-corrected chi connectivity index (χ1v) is 5.55. The summed E-state index contributed by atoms with van der Waals surface area (Å²) < 4.78 is 0. The molecule has 2 rings (SSSR count). The van der Waals surface area contributed by atoms with Crippen LogP contribution in [0.3, 0.4) is 0 Å². The van der Waals surface area contributed by atoms with Crippen molar-refractivity contribution in [3.63, 3.8) is 0 Å². The Labute approximate surface area is 97.9 Å². The van der Waals surface area contributed by atoms with Crippen molar-refractivity contribution in [2.24, 2.45) is 0 Å². The summed E-state index contributed by atoms with van der Waals surface area (Å²) in [5.41, 5.74) is 0. The largest absolute Gasteiger partial charge is 0.103 e. The molecule has 2 aromatic rings. The molecule has 0 saturated heterocycles. The molecular weight excluding hydrogens is 224 g/mol. The molecule has 1 radical (unpaired) electrons. The zero-order valence-electron chi connectivity index (χ0n) is 7.76. The van der Waals surface area contributed by atoms with Crippen molar-refractivity contribution in [2.45, 2.75) is 0 Å². The van der Waals surface area contributed by atoms with Crippen LogP contribution >= 0.6 is 0 Å². The fraction of sp³-hybridized carbons (Fsp3) is 0. The van der Waals surface area contributed by atoms with E-state index in [4.69, 9.17) is 0 Å². The van der Waals surface area contributed by atoms with Crippen LogP contribution in [0.2, 0.25) is 0 Å². The second-order valence-corrected chi connectivity index (χ2v) is 4.59. The van der Waals surface area contributed by atoms with Gasteiger partial charge in [0.1, 0.15) is 9.52 Å². The minimum atomic E-state index is 0. The van der Waals surface area contributed by atoms with Crippen LogP contribution in [0, 0.1) is 0 Å². The maximum atomic E-state index is 2.20. The van der Waals surface area contributed by atoms with Gasteiger partial charge in [-0.15, -0.1) is 0 Å². The SMILES string of the molecule is [Cr].c1ccc([SiH]c2ccccc2)cc1. The molecule has 14 heavy (non-hydrogen) atoms.